The molecular weight excluding hydrogens is 686 g/mol. The largest absolute Gasteiger partial charge is 0.465 e. The number of alkyl halides is 6. The summed E-state index contributed by atoms with van der Waals surface area (Å²) in [6.07, 6.45) is 4.24. The molecule has 13 nitrogen and oxygen atoms in total. The maximum absolute atomic E-state index is 11.6. The van der Waals surface area contributed by atoms with Gasteiger partial charge in [-0.25, -0.2) is 14.4 Å². The zero-order valence-corrected chi connectivity index (χ0v) is 27.2. The molecule has 21 heteroatoms. The van der Waals surface area contributed by atoms with Crippen LogP contribution in [0.2, 0.25) is 0 Å². The predicted octanol–water partition coefficient (Wildman–Crippen LogP) is 2.60. The van der Waals surface area contributed by atoms with Gasteiger partial charge in [0.15, 0.2) is 0 Å². The lowest BCUT2D eigenvalue weighted by atomic mass is 9.98. The second-order valence-electron chi connectivity index (χ2n) is 11.4. The molecule has 46 heavy (non-hydrogen) atoms. The Kier molecular flexibility index (Phi) is 12.6. The molecule has 0 aromatic carbocycles. The van der Waals surface area contributed by atoms with Crippen LogP contribution < -0.4 is 0 Å². The van der Waals surface area contributed by atoms with Crippen molar-refractivity contribution in [1.82, 2.24) is 0 Å². The lowest BCUT2D eigenvalue weighted by Gasteiger charge is -2.11. The molecule has 268 valence electrons. The third-order valence-electron chi connectivity index (χ3n) is 7.65. The van der Waals surface area contributed by atoms with E-state index in [-0.39, 0.29) is 34.9 Å². The van der Waals surface area contributed by atoms with Gasteiger partial charge < -0.3 is 18.9 Å². The Morgan fingerprint density at radius 3 is 1.28 bits per heavy atom. The predicted molar refractivity (Wildman–Crippen MR) is 142 cm³/mol. The number of hydrogen-bond acceptors (Lipinski definition) is 13. The number of carbonyl (C=O) groups is 3. The van der Waals surface area contributed by atoms with Gasteiger partial charge in [-0.2, -0.15) is 43.2 Å². The van der Waals surface area contributed by atoms with E-state index in [0.29, 0.717) is 39.0 Å². The fraction of sp³-hybridized carbons (Fsp3) is 0.880. The van der Waals surface area contributed by atoms with E-state index in [9.17, 15) is 57.6 Å². The number of hydrogen-bond donors (Lipinski definition) is 0. The van der Waals surface area contributed by atoms with Gasteiger partial charge in [0.05, 0.1) is 38.8 Å². The summed E-state index contributed by atoms with van der Waals surface area (Å²) in [5.74, 6) is -13.6. The Bertz CT molecular complexity index is 1200. The molecule has 4 heterocycles. The maximum Gasteiger partial charge on any atom is 0.376 e. The lowest BCUT2D eigenvalue weighted by molar-refractivity contribution is -0.166. The molecule has 4 bridgehead atoms. The van der Waals surface area contributed by atoms with Crippen LogP contribution in [0.5, 0.6) is 0 Å². The number of fused-ring (bicyclic) bond motifs is 2. The Labute approximate surface area is 261 Å². The van der Waals surface area contributed by atoms with Gasteiger partial charge >= 0.3 is 35.7 Å². The molecule has 0 amide bonds. The number of esters is 3. The number of rotatable bonds is 3. The molecule has 4 saturated heterocycles. The molecule has 8 atom stereocenters. The van der Waals surface area contributed by atoms with Crippen molar-refractivity contribution in [3.63, 3.8) is 0 Å². The van der Waals surface area contributed by atoms with Crippen LogP contribution in [-0.2, 0) is 61.9 Å². The van der Waals surface area contributed by atoms with E-state index in [2.05, 4.69) is 14.2 Å². The maximum atomic E-state index is 11.6. The van der Waals surface area contributed by atoms with E-state index >= 15 is 0 Å². The SMILES string of the molecule is COC(=O)C(C)(F)F.COC(=O)C(C)(F)F.COC(=O)C(C)(F)F.O=S1(=O)OC2CC3CC1C2O3.O=S1(=O)OC2CC3CC2C1C3. The van der Waals surface area contributed by atoms with E-state index in [1.54, 1.807) is 0 Å². The van der Waals surface area contributed by atoms with Crippen LogP contribution in [-0.4, -0.2) is 109 Å². The lowest BCUT2D eigenvalue weighted by Crippen LogP contribution is -2.27. The Balaban J connectivity index is 0.000000203. The Morgan fingerprint density at radius 1 is 0.609 bits per heavy atom. The minimum absolute atomic E-state index is 0.0590. The first kappa shape index (κ1) is 39.9. The molecule has 6 fully saturated rings. The molecule has 0 spiro atoms. The van der Waals surface area contributed by atoms with E-state index in [0.717, 1.165) is 47.0 Å². The summed E-state index contributed by atoms with van der Waals surface area (Å²) >= 11 is 0. The van der Waals surface area contributed by atoms with Gasteiger partial charge in [0, 0.05) is 33.1 Å². The van der Waals surface area contributed by atoms with Gasteiger partial charge in [0.25, 0.3) is 20.2 Å². The summed E-state index contributed by atoms with van der Waals surface area (Å²) in [5, 5.41) is -0.488. The highest BCUT2D eigenvalue weighted by Gasteiger charge is 2.61. The van der Waals surface area contributed by atoms with E-state index in [4.69, 9.17) is 13.1 Å². The monoisotopic (exact) mass is 722 g/mol. The molecule has 6 rings (SSSR count). The quantitative estimate of drug-likeness (QED) is 0.180. The van der Waals surface area contributed by atoms with Gasteiger partial charge in [-0.1, -0.05) is 0 Å². The minimum atomic E-state index is -3.35. The minimum Gasteiger partial charge on any atom is -0.465 e. The Morgan fingerprint density at radius 2 is 1.02 bits per heavy atom. The number of halogens is 6. The fourth-order valence-electron chi connectivity index (χ4n) is 5.70. The summed E-state index contributed by atoms with van der Waals surface area (Å²) in [4.78, 5) is 29.6. The van der Waals surface area contributed by atoms with E-state index in [1.807, 2.05) is 0 Å². The standard InChI is InChI=1S/C7H10O3S.C6H8O4S.3C4H6F2O2/c8-11(9)7-3-4-1-5(7)6(2-4)10-11;7-11(8)5-2-3-1-4(10-11)6(5)9-3;3*1-4(5,6)3(7)8-2/h4-7H,1-3H2;3-6H,1-2H2;3*1-2H3. The topological polar surface area (TPSA) is 175 Å². The van der Waals surface area contributed by atoms with Gasteiger partial charge in [0.1, 0.15) is 17.5 Å². The normalized spacial score (nSPS) is 33.0. The van der Waals surface area contributed by atoms with Crippen molar-refractivity contribution in [1.29, 1.82) is 0 Å². The molecule has 8 unspecified atom stereocenters. The van der Waals surface area contributed by atoms with Crippen LogP contribution in [0, 0.1) is 11.8 Å². The van der Waals surface area contributed by atoms with Gasteiger partial charge in [-0.15, -0.1) is 0 Å². The number of ether oxygens (including phenoxy) is 4. The smallest absolute Gasteiger partial charge is 0.376 e. The second-order valence-corrected chi connectivity index (χ2v) is 15.0. The molecule has 4 aliphatic heterocycles. The van der Waals surface area contributed by atoms with Crippen molar-refractivity contribution in [2.75, 3.05) is 21.3 Å². The van der Waals surface area contributed by atoms with Crippen molar-refractivity contribution in [3.8, 4) is 0 Å². The first-order valence-corrected chi connectivity index (χ1v) is 16.6. The summed E-state index contributed by atoms with van der Waals surface area (Å²) in [5.41, 5.74) is 0. The summed E-state index contributed by atoms with van der Waals surface area (Å²) in [6, 6.07) is 0. The number of methoxy groups -OCH3 is 3. The zero-order valence-electron chi connectivity index (χ0n) is 25.5. The first-order chi connectivity index (χ1) is 20.8. The highest BCUT2D eigenvalue weighted by atomic mass is 32.2. The molecule has 0 radical (unpaired) electrons. The third kappa shape index (κ3) is 9.89. The molecule has 0 aromatic rings. The van der Waals surface area contributed by atoms with Crippen molar-refractivity contribution in [3.05, 3.63) is 0 Å². The van der Waals surface area contributed by atoms with Gasteiger partial charge in [-0.05, 0) is 31.6 Å². The average molecular weight is 723 g/mol. The highest BCUT2D eigenvalue weighted by Crippen LogP contribution is 2.54. The van der Waals surface area contributed by atoms with Crippen molar-refractivity contribution >= 4 is 38.1 Å². The van der Waals surface area contributed by atoms with Crippen LogP contribution in [0.3, 0.4) is 0 Å². The zero-order chi connectivity index (χ0) is 35.6. The molecule has 2 saturated carbocycles. The van der Waals surface area contributed by atoms with Gasteiger partial charge in [-0.3, -0.25) is 8.37 Å². The van der Waals surface area contributed by atoms with E-state index < -0.39 is 55.9 Å². The Hall–Kier alpha value is -2.23. The van der Waals surface area contributed by atoms with Crippen LogP contribution in [0.15, 0.2) is 0 Å². The van der Waals surface area contributed by atoms with Crippen molar-refractivity contribution < 1.29 is 84.9 Å². The van der Waals surface area contributed by atoms with Crippen molar-refractivity contribution in [2.24, 2.45) is 11.8 Å². The van der Waals surface area contributed by atoms with Crippen LogP contribution in [0.1, 0.15) is 52.9 Å². The second kappa shape index (κ2) is 14.5. The molecular formula is C25H36F6O13S2. The number of carbonyl (C=O) groups excluding carboxylic acids is 3. The van der Waals surface area contributed by atoms with Crippen LogP contribution >= 0.6 is 0 Å². The summed E-state index contributed by atoms with van der Waals surface area (Å²) in [6.45, 7) is 1.45. The highest BCUT2D eigenvalue weighted by molar-refractivity contribution is 7.88. The van der Waals surface area contributed by atoms with E-state index in [1.165, 1.54) is 0 Å². The van der Waals surface area contributed by atoms with Crippen LogP contribution in [0.4, 0.5) is 26.3 Å². The molecule has 0 N–H and O–H groups in total. The molecule has 6 aliphatic rings. The fourth-order valence-corrected chi connectivity index (χ4v) is 9.32. The van der Waals surface area contributed by atoms with Crippen LogP contribution in [0.25, 0.3) is 0 Å². The van der Waals surface area contributed by atoms with Gasteiger partial charge in [0.2, 0.25) is 0 Å². The molecule has 0 aromatic heterocycles. The third-order valence-corrected chi connectivity index (χ3v) is 11.2. The molecule has 2 aliphatic carbocycles. The summed E-state index contributed by atoms with van der Waals surface area (Å²) in [7, 11) is -3.64. The first-order valence-electron chi connectivity index (χ1n) is 13.7. The summed E-state index contributed by atoms with van der Waals surface area (Å²) < 4.78 is 141. The van der Waals surface area contributed by atoms with Crippen molar-refractivity contribution in [2.45, 2.75) is 106 Å². The average Bonchev–Trinajstić information content (AvgIpc) is 3.74.